The molecular weight excluding hydrogens is 366 g/mol. The minimum Gasteiger partial charge on any atom is -0.497 e. The standard InChI is InChI=1S/C23H29N3O3/c1-3-26(22(27)23-11-15-8-16(12-23)10-17(9-15)13-23)14-20-24-21(25-29-20)18-4-6-19(28-2)7-5-18/h4-7,15-17H,3,8-14H2,1-2H3. The highest BCUT2D eigenvalue weighted by atomic mass is 16.5. The zero-order chi connectivity index (χ0) is 20.0. The highest BCUT2D eigenvalue weighted by Crippen LogP contribution is 2.60. The Morgan fingerprint density at radius 2 is 1.76 bits per heavy atom. The van der Waals surface area contributed by atoms with Crippen LogP contribution < -0.4 is 4.74 Å². The quantitative estimate of drug-likeness (QED) is 0.729. The lowest BCUT2D eigenvalue weighted by Gasteiger charge is -2.56. The maximum absolute atomic E-state index is 13.6. The summed E-state index contributed by atoms with van der Waals surface area (Å²) in [5.41, 5.74) is 0.736. The lowest BCUT2D eigenvalue weighted by Crippen LogP contribution is -2.54. The van der Waals surface area contributed by atoms with Gasteiger partial charge in [0.05, 0.1) is 19.1 Å². The molecule has 1 aromatic heterocycles. The molecule has 4 fully saturated rings. The molecule has 0 atom stereocenters. The van der Waals surface area contributed by atoms with E-state index in [-0.39, 0.29) is 5.41 Å². The number of methoxy groups -OCH3 is 1. The van der Waals surface area contributed by atoms with Crippen LogP contribution in [-0.2, 0) is 11.3 Å². The molecule has 4 aliphatic rings. The van der Waals surface area contributed by atoms with Crippen molar-refractivity contribution in [3.8, 4) is 17.1 Å². The van der Waals surface area contributed by atoms with Crippen molar-refractivity contribution in [2.45, 2.75) is 52.0 Å². The van der Waals surface area contributed by atoms with E-state index in [0.29, 0.717) is 30.7 Å². The summed E-state index contributed by atoms with van der Waals surface area (Å²) < 4.78 is 10.7. The van der Waals surface area contributed by atoms with Crippen molar-refractivity contribution in [1.82, 2.24) is 15.0 Å². The van der Waals surface area contributed by atoms with Crippen LogP contribution in [0.1, 0.15) is 51.3 Å². The van der Waals surface area contributed by atoms with Gasteiger partial charge in [0.25, 0.3) is 0 Å². The Labute approximate surface area is 171 Å². The van der Waals surface area contributed by atoms with Crippen LogP contribution >= 0.6 is 0 Å². The predicted molar refractivity (Wildman–Crippen MR) is 108 cm³/mol. The molecule has 1 heterocycles. The lowest BCUT2D eigenvalue weighted by atomic mass is 9.49. The molecule has 4 aliphatic carbocycles. The van der Waals surface area contributed by atoms with E-state index in [0.717, 1.165) is 48.3 Å². The number of hydrogen-bond donors (Lipinski definition) is 0. The molecule has 4 saturated carbocycles. The maximum atomic E-state index is 13.6. The second-order valence-corrected chi connectivity index (χ2v) is 9.26. The van der Waals surface area contributed by atoms with Crippen LogP contribution in [0.15, 0.2) is 28.8 Å². The van der Waals surface area contributed by atoms with E-state index in [9.17, 15) is 4.79 Å². The number of nitrogens with zero attached hydrogens (tertiary/aromatic N) is 3. The van der Waals surface area contributed by atoms with Gasteiger partial charge in [0, 0.05) is 12.1 Å². The molecular formula is C23H29N3O3. The number of hydrogen-bond acceptors (Lipinski definition) is 5. The fraction of sp³-hybridized carbons (Fsp3) is 0.609. The average Bonchev–Trinajstić information content (AvgIpc) is 3.19. The highest BCUT2D eigenvalue weighted by molar-refractivity contribution is 5.83. The molecule has 0 unspecified atom stereocenters. The Bertz CT molecular complexity index is 854. The van der Waals surface area contributed by atoms with Crippen LogP contribution in [0.3, 0.4) is 0 Å². The van der Waals surface area contributed by atoms with Gasteiger partial charge in [-0.1, -0.05) is 5.16 Å². The van der Waals surface area contributed by atoms with Crippen LogP contribution in [0.25, 0.3) is 11.4 Å². The third kappa shape index (κ3) is 3.32. The smallest absolute Gasteiger partial charge is 0.246 e. The largest absolute Gasteiger partial charge is 0.497 e. The van der Waals surface area contributed by atoms with Gasteiger partial charge in [-0.05, 0) is 87.5 Å². The van der Waals surface area contributed by atoms with Crippen molar-refractivity contribution >= 4 is 5.91 Å². The van der Waals surface area contributed by atoms with Gasteiger partial charge in [-0.25, -0.2) is 0 Å². The molecule has 154 valence electrons. The number of amides is 1. The molecule has 6 rings (SSSR count). The van der Waals surface area contributed by atoms with Crippen molar-refractivity contribution in [3.05, 3.63) is 30.2 Å². The topological polar surface area (TPSA) is 68.5 Å². The van der Waals surface area contributed by atoms with E-state index < -0.39 is 0 Å². The van der Waals surface area contributed by atoms with Crippen LogP contribution in [0.5, 0.6) is 5.75 Å². The molecule has 0 aliphatic heterocycles. The van der Waals surface area contributed by atoms with E-state index in [4.69, 9.17) is 9.26 Å². The van der Waals surface area contributed by atoms with Gasteiger partial charge < -0.3 is 14.2 Å². The van der Waals surface area contributed by atoms with Crippen LogP contribution in [0, 0.1) is 23.2 Å². The summed E-state index contributed by atoms with van der Waals surface area (Å²) in [6, 6.07) is 7.57. The van der Waals surface area contributed by atoms with Gasteiger partial charge in [0.1, 0.15) is 5.75 Å². The molecule has 0 saturated heterocycles. The minimum absolute atomic E-state index is 0.135. The first kappa shape index (κ1) is 18.6. The van der Waals surface area contributed by atoms with Gasteiger partial charge in [-0.2, -0.15) is 4.98 Å². The first-order valence-corrected chi connectivity index (χ1v) is 10.8. The summed E-state index contributed by atoms with van der Waals surface area (Å²) in [7, 11) is 1.64. The van der Waals surface area contributed by atoms with Crippen molar-refractivity contribution < 1.29 is 14.1 Å². The fourth-order valence-electron chi connectivity index (χ4n) is 6.37. The molecule has 6 heteroatoms. The first-order chi connectivity index (χ1) is 14.1. The molecule has 4 bridgehead atoms. The molecule has 0 N–H and O–H groups in total. The second-order valence-electron chi connectivity index (χ2n) is 9.26. The van der Waals surface area contributed by atoms with Crippen molar-refractivity contribution in [1.29, 1.82) is 0 Å². The number of benzene rings is 1. The van der Waals surface area contributed by atoms with Gasteiger partial charge >= 0.3 is 0 Å². The van der Waals surface area contributed by atoms with Crippen LogP contribution in [-0.4, -0.2) is 34.6 Å². The predicted octanol–water partition coefficient (Wildman–Crippen LogP) is 4.31. The summed E-state index contributed by atoms with van der Waals surface area (Å²) >= 11 is 0. The van der Waals surface area contributed by atoms with E-state index in [1.54, 1.807) is 7.11 Å². The molecule has 1 aromatic carbocycles. The van der Waals surface area contributed by atoms with Gasteiger partial charge in [-0.15, -0.1) is 0 Å². The molecule has 29 heavy (non-hydrogen) atoms. The number of aromatic nitrogens is 2. The third-order valence-corrected chi connectivity index (χ3v) is 7.30. The fourth-order valence-corrected chi connectivity index (χ4v) is 6.37. The van der Waals surface area contributed by atoms with Crippen molar-refractivity contribution in [2.75, 3.05) is 13.7 Å². The summed E-state index contributed by atoms with van der Waals surface area (Å²) in [6.45, 7) is 3.10. The number of rotatable bonds is 6. The molecule has 0 spiro atoms. The van der Waals surface area contributed by atoms with Crippen molar-refractivity contribution in [2.24, 2.45) is 23.2 Å². The van der Waals surface area contributed by atoms with E-state index in [2.05, 4.69) is 10.1 Å². The van der Waals surface area contributed by atoms with Gasteiger partial charge in [0.2, 0.25) is 17.6 Å². The maximum Gasteiger partial charge on any atom is 0.246 e. The second kappa shape index (κ2) is 7.15. The van der Waals surface area contributed by atoms with E-state index in [1.807, 2.05) is 36.1 Å². The Morgan fingerprint density at radius 3 is 2.31 bits per heavy atom. The lowest BCUT2D eigenvalue weighted by molar-refractivity contribution is -0.158. The Morgan fingerprint density at radius 1 is 1.14 bits per heavy atom. The van der Waals surface area contributed by atoms with Crippen LogP contribution in [0.4, 0.5) is 0 Å². The Balaban J connectivity index is 1.31. The van der Waals surface area contributed by atoms with Crippen LogP contribution in [0.2, 0.25) is 0 Å². The van der Waals surface area contributed by atoms with Gasteiger partial charge in [0.15, 0.2) is 0 Å². The first-order valence-electron chi connectivity index (χ1n) is 10.8. The molecule has 0 radical (unpaired) electrons. The summed E-state index contributed by atoms with van der Waals surface area (Å²) in [6.07, 6.45) is 7.26. The van der Waals surface area contributed by atoms with Gasteiger partial charge in [-0.3, -0.25) is 4.79 Å². The zero-order valence-electron chi connectivity index (χ0n) is 17.3. The third-order valence-electron chi connectivity index (χ3n) is 7.30. The average molecular weight is 396 g/mol. The summed E-state index contributed by atoms with van der Waals surface area (Å²) in [5, 5.41) is 4.12. The van der Waals surface area contributed by atoms with E-state index in [1.165, 1.54) is 19.3 Å². The monoisotopic (exact) mass is 395 g/mol. The molecule has 2 aromatic rings. The van der Waals surface area contributed by atoms with Crippen molar-refractivity contribution in [3.63, 3.8) is 0 Å². The Kier molecular flexibility index (Phi) is 4.60. The summed E-state index contributed by atoms with van der Waals surface area (Å²) in [4.78, 5) is 20.1. The number of ether oxygens (including phenoxy) is 1. The molecule has 6 nitrogen and oxygen atoms in total. The number of carbonyl (C=O) groups is 1. The minimum atomic E-state index is -0.135. The zero-order valence-corrected chi connectivity index (χ0v) is 17.3. The summed E-state index contributed by atoms with van der Waals surface area (Å²) in [5.74, 6) is 4.41. The SMILES string of the molecule is CCN(Cc1nc(-c2ccc(OC)cc2)no1)C(=O)C12CC3CC(CC(C3)C1)C2. The normalized spacial score (nSPS) is 29.8. The Hall–Kier alpha value is -2.37. The van der Waals surface area contributed by atoms with E-state index >= 15 is 0 Å². The number of carbonyl (C=O) groups excluding carboxylic acids is 1. The molecule has 1 amide bonds. The highest BCUT2D eigenvalue weighted by Gasteiger charge is 2.55.